The van der Waals surface area contributed by atoms with Crippen molar-refractivity contribution in [2.45, 2.75) is 26.0 Å². The number of fused-ring (bicyclic) bond motifs is 2. The molecule has 4 aromatic rings. The van der Waals surface area contributed by atoms with E-state index >= 15 is 0 Å². The largest absolute Gasteiger partial charge is 0.497 e. The Balaban J connectivity index is 1.56. The van der Waals surface area contributed by atoms with Crippen molar-refractivity contribution >= 4 is 34.1 Å². The predicted molar refractivity (Wildman–Crippen MR) is 128 cm³/mol. The number of nitrogens with zero attached hydrogens (tertiary/aromatic N) is 5. The zero-order valence-electron chi connectivity index (χ0n) is 21.9. The van der Waals surface area contributed by atoms with E-state index in [1.54, 1.807) is 21.7 Å². The molecule has 1 aliphatic rings. The average molecular weight is 483 g/mol. The first-order valence-corrected chi connectivity index (χ1v) is 10.8. The minimum atomic E-state index is -2.71. The number of carbonyl (C=O) groups excluding carboxylic acids is 1. The van der Waals surface area contributed by atoms with E-state index in [9.17, 15) is 13.6 Å². The van der Waals surface area contributed by atoms with Crippen molar-refractivity contribution in [3.63, 3.8) is 0 Å². The second kappa shape index (κ2) is 8.86. The molecule has 8 nitrogen and oxygen atoms in total. The van der Waals surface area contributed by atoms with Gasteiger partial charge >= 0.3 is 6.03 Å². The third-order valence-corrected chi connectivity index (χ3v) is 5.68. The summed E-state index contributed by atoms with van der Waals surface area (Å²) < 4.78 is 60.0. The van der Waals surface area contributed by atoms with Crippen LogP contribution in [0.5, 0.6) is 11.6 Å². The molecule has 2 amide bonds. The van der Waals surface area contributed by atoms with Crippen LogP contribution in [0.15, 0.2) is 60.8 Å². The molecule has 0 aliphatic carbocycles. The zero-order valence-corrected chi connectivity index (χ0v) is 18.9. The Labute approximate surface area is 204 Å². The van der Waals surface area contributed by atoms with Crippen molar-refractivity contribution in [1.29, 1.82) is 0 Å². The van der Waals surface area contributed by atoms with Crippen LogP contribution in [0.2, 0.25) is 0 Å². The summed E-state index contributed by atoms with van der Waals surface area (Å²) in [6.07, 6.45) is -2.26. The number of carbonyl (C=O) groups is 1. The standard InChI is InChI=1S/C25H23F2N5O3/c1-15(23(26)27)35-22-11-4-16-14-31(19-7-10-21-17(12-19)13-30(2)29-21)25(33)32(24(16)28-22)18-5-8-20(34-3)9-6-18/h4-13,15,23H,14H2,1-3H3/i3D3. The maximum absolute atomic E-state index is 13.9. The van der Waals surface area contributed by atoms with Gasteiger partial charge < -0.3 is 9.47 Å². The highest BCUT2D eigenvalue weighted by atomic mass is 19.3. The number of ether oxygens (including phenoxy) is 2. The van der Waals surface area contributed by atoms with E-state index in [4.69, 9.17) is 13.6 Å². The van der Waals surface area contributed by atoms with E-state index in [-0.39, 0.29) is 24.0 Å². The topological polar surface area (TPSA) is 72.7 Å². The fraction of sp³-hybridized carbons (Fsp3) is 0.240. The smallest absolute Gasteiger partial charge is 0.335 e. The zero-order chi connectivity index (χ0) is 27.2. The van der Waals surface area contributed by atoms with Crippen molar-refractivity contribution < 1.29 is 27.2 Å². The number of hydrogen-bond donors (Lipinski definition) is 0. The molecule has 0 saturated heterocycles. The van der Waals surface area contributed by atoms with Crippen molar-refractivity contribution in [3.05, 3.63) is 66.4 Å². The molecule has 0 fully saturated rings. The molecule has 2 aromatic heterocycles. The Hall–Kier alpha value is -4.21. The van der Waals surface area contributed by atoms with Crippen LogP contribution in [0, 0.1) is 0 Å². The van der Waals surface area contributed by atoms with Gasteiger partial charge in [0, 0.05) is 35.9 Å². The van der Waals surface area contributed by atoms with Gasteiger partial charge in [0.15, 0.2) is 6.10 Å². The van der Waals surface area contributed by atoms with E-state index in [1.165, 1.54) is 42.2 Å². The van der Waals surface area contributed by atoms with Crippen molar-refractivity contribution in [2.75, 3.05) is 16.8 Å². The van der Waals surface area contributed by atoms with Crippen LogP contribution in [-0.4, -0.2) is 40.4 Å². The van der Waals surface area contributed by atoms with Gasteiger partial charge in [0.1, 0.15) is 11.6 Å². The summed E-state index contributed by atoms with van der Waals surface area (Å²) in [6, 6.07) is 14.1. The van der Waals surface area contributed by atoms with Gasteiger partial charge in [0.05, 0.1) is 28.9 Å². The molecule has 180 valence electrons. The molecule has 0 radical (unpaired) electrons. The Morgan fingerprint density at radius 1 is 1.09 bits per heavy atom. The molecule has 1 atom stereocenters. The SMILES string of the molecule is [2H]C([2H])([2H])Oc1ccc(N2C(=O)N(c3ccc4nn(C)cc4c3)Cc3ccc(OC(C)C(F)F)nc32)cc1. The summed E-state index contributed by atoms with van der Waals surface area (Å²) in [6.45, 7) is 1.41. The van der Waals surface area contributed by atoms with Crippen molar-refractivity contribution in [2.24, 2.45) is 7.05 Å². The third kappa shape index (κ3) is 4.23. The van der Waals surface area contributed by atoms with E-state index in [0.717, 1.165) is 10.9 Å². The number of benzene rings is 2. The van der Waals surface area contributed by atoms with Crippen LogP contribution in [-0.2, 0) is 13.6 Å². The van der Waals surface area contributed by atoms with Gasteiger partial charge in [0.2, 0.25) is 5.88 Å². The molecule has 10 heteroatoms. The molecular formula is C25H23F2N5O3. The molecule has 5 rings (SSSR count). The molecule has 1 aliphatic heterocycles. The summed E-state index contributed by atoms with van der Waals surface area (Å²) in [5.74, 6) is 0.257. The first-order chi connectivity index (χ1) is 18.0. The second-order valence-corrected chi connectivity index (χ2v) is 8.14. The Kier molecular flexibility index (Phi) is 4.84. The summed E-state index contributed by atoms with van der Waals surface area (Å²) in [5, 5.41) is 5.22. The molecule has 2 aromatic carbocycles. The molecular weight excluding hydrogens is 456 g/mol. The van der Waals surface area contributed by atoms with Crippen LogP contribution in [0.1, 0.15) is 16.6 Å². The summed E-state index contributed by atoms with van der Waals surface area (Å²) >= 11 is 0. The Morgan fingerprint density at radius 2 is 1.86 bits per heavy atom. The van der Waals surface area contributed by atoms with Crippen molar-refractivity contribution in [1.82, 2.24) is 14.8 Å². The van der Waals surface area contributed by atoms with Crippen LogP contribution in [0.3, 0.4) is 0 Å². The fourth-order valence-corrected chi connectivity index (χ4v) is 3.94. The number of rotatable bonds is 6. The van der Waals surface area contributed by atoms with E-state index in [0.29, 0.717) is 16.9 Å². The molecule has 0 bridgehead atoms. The number of pyridine rings is 1. The first kappa shape index (κ1) is 19.1. The van der Waals surface area contributed by atoms with Crippen LogP contribution in [0.4, 0.5) is 30.8 Å². The Bertz CT molecular complexity index is 1490. The van der Waals surface area contributed by atoms with Gasteiger partial charge in [-0.2, -0.15) is 10.1 Å². The summed E-state index contributed by atoms with van der Waals surface area (Å²) in [4.78, 5) is 21.2. The second-order valence-electron chi connectivity index (χ2n) is 8.14. The lowest BCUT2D eigenvalue weighted by Crippen LogP contribution is -2.45. The van der Waals surface area contributed by atoms with Gasteiger partial charge in [0.25, 0.3) is 6.43 Å². The lowest BCUT2D eigenvalue weighted by atomic mass is 10.1. The minimum Gasteiger partial charge on any atom is -0.497 e. The molecule has 35 heavy (non-hydrogen) atoms. The highest BCUT2D eigenvalue weighted by Crippen LogP contribution is 2.38. The van der Waals surface area contributed by atoms with Crippen LogP contribution < -0.4 is 19.3 Å². The summed E-state index contributed by atoms with van der Waals surface area (Å²) in [5.41, 5.74) is 2.42. The van der Waals surface area contributed by atoms with Crippen LogP contribution >= 0.6 is 0 Å². The Morgan fingerprint density at radius 3 is 2.60 bits per heavy atom. The number of alkyl halides is 2. The van der Waals surface area contributed by atoms with E-state index < -0.39 is 25.6 Å². The highest BCUT2D eigenvalue weighted by Gasteiger charge is 2.34. The number of methoxy groups -OCH3 is 1. The summed E-state index contributed by atoms with van der Waals surface area (Å²) in [7, 11) is -0.824. The normalized spacial score (nSPS) is 16.0. The molecule has 0 spiro atoms. The van der Waals surface area contributed by atoms with Crippen molar-refractivity contribution in [3.8, 4) is 11.6 Å². The predicted octanol–water partition coefficient (Wildman–Crippen LogP) is 5.29. The number of aromatic nitrogens is 3. The lowest BCUT2D eigenvalue weighted by Gasteiger charge is -2.36. The first-order valence-electron chi connectivity index (χ1n) is 12.3. The lowest BCUT2D eigenvalue weighted by molar-refractivity contribution is 0.0202. The van der Waals surface area contributed by atoms with Crippen LogP contribution in [0.25, 0.3) is 10.9 Å². The maximum Gasteiger partial charge on any atom is 0.335 e. The maximum atomic E-state index is 13.9. The monoisotopic (exact) mass is 482 g/mol. The fourth-order valence-electron chi connectivity index (χ4n) is 3.94. The van der Waals surface area contributed by atoms with Gasteiger partial charge in [-0.1, -0.05) is 0 Å². The van der Waals surface area contributed by atoms with E-state index in [1.807, 2.05) is 25.4 Å². The number of halogens is 2. The average Bonchev–Trinajstić information content (AvgIpc) is 3.22. The van der Waals surface area contributed by atoms with E-state index in [2.05, 4.69) is 10.1 Å². The number of urea groups is 1. The number of aryl methyl sites for hydroxylation is 1. The molecule has 0 saturated carbocycles. The number of hydrogen-bond acceptors (Lipinski definition) is 5. The molecule has 0 N–H and O–H groups in total. The number of anilines is 3. The molecule has 1 unspecified atom stereocenters. The number of amides is 2. The van der Waals surface area contributed by atoms with Gasteiger partial charge in [-0.3, -0.25) is 9.58 Å². The van der Waals surface area contributed by atoms with Gasteiger partial charge in [-0.15, -0.1) is 0 Å². The highest BCUT2D eigenvalue weighted by molar-refractivity contribution is 6.10. The minimum absolute atomic E-state index is 0.0538. The van der Waals surface area contributed by atoms with Gasteiger partial charge in [-0.05, 0) is 55.5 Å². The third-order valence-electron chi connectivity index (χ3n) is 5.68. The van der Waals surface area contributed by atoms with Gasteiger partial charge in [-0.25, -0.2) is 18.5 Å². The quantitative estimate of drug-likeness (QED) is 0.374. The molecule has 3 heterocycles.